The van der Waals surface area contributed by atoms with Gasteiger partial charge in [-0.15, -0.1) is 0 Å². The molecule has 0 aliphatic carbocycles. The smallest absolute Gasteiger partial charge is 0.305 e. The summed E-state index contributed by atoms with van der Waals surface area (Å²) < 4.78 is 22.1. The summed E-state index contributed by atoms with van der Waals surface area (Å²) in [6.45, 7) is 6.06. The monoisotopic (exact) mass is 226 g/mol. The molecular weight excluding hydrogens is 211 g/mol. The molecule has 0 saturated carbocycles. The zero-order valence-corrected chi connectivity index (χ0v) is 9.90. The fraction of sp³-hybridized carbons (Fsp3) is 0.750. The van der Waals surface area contributed by atoms with Crippen molar-refractivity contribution >= 4 is 19.2 Å². The Labute approximate surface area is 84.6 Å². The molecule has 0 saturated heterocycles. The van der Waals surface area contributed by atoms with E-state index in [0.717, 1.165) is 0 Å². The van der Waals surface area contributed by atoms with Gasteiger partial charge in [-0.25, -0.2) is 0 Å². The molecule has 0 atom stereocenters. The van der Waals surface area contributed by atoms with Gasteiger partial charge in [-0.2, -0.15) is 0 Å². The summed E-state index contributed by atoms with van der Waals surface area (Å²) in [5.41, 5.74) is 0. The summed E-state index contributed by atoms with van der Waals surface area (Å²) in [5, 5.41) is 0. The maximum atomic E-state index is 11.9. The maximum Gasteiger partial charge on any atom is 0.372 e. The Morgan fingerprint density at radius 3 is 2.08 bits per heavy atom. The van der Waals surface area contributed by atoms with Gasteiger partial charge >= 0.3 is 7.60 Å². The molecule has 0 heterocycles. The number of hydrogen-bond acceptors (Lipinski definition) is 3. The van der Waals surface area contributed by atoms with Crippen LogP contribution < -0.4 is 0 Å². The van der Waals surface area contributed by atoms with Crippen molar-refractivity contribution in [1.82, 2.24) is 0 Å². The Hall–Kier alpha value is 0.180. The van der Waals surface area contributed by atoms with Gasteiger partial charge in [-0.05, 0) is 20.3 Å². The predicted molar refractivity (Wildman–Crippen MR) is 55.1 cm³/mol. The van der Waals surface area contributed by atoms with Crippen LogP contribution in [0.5, 0.6) is 0 Å². The Balaban J connectivity index is 4.57. The van der Waals surface area contributed by atoms with E-state index in [9.17, 15) is 4.57 Å². The summed E-state index contributed by atoms with van der Waals surface area (Å²) in [5.74, 6) is 0. The standard InChI is InChI=1S/C8H16ClO3P/c1-4-7-8(9)13(10,11-5-2)12-6-3/h7H,4-6H2,1-3H3. The molecule has 78 valence electrons. The lowest BCUT2D eigenvalue weighted by molar-refractivity contribution is 0.228. The lowest BCUT2D eigenvalue weighted by Gasteiger charge is -2.15. The fourth-order valence-corrected chi connectivity index (χ4v) is 2.64. The van der Waals surface area contributed by atoms with E-state index in [2.05, 4.69) is 0 Å². The van der Waals surface area contributed by atoms with E-state index < -0.39 is 7.60 Å². The highest BCUT2D eigenvalue weighted by Crippen LogP contribution is 2.57. The molecule has 0 amide bonds. The number of rotatable bonds is 6. The minimum atomic E-state index is -3.20. The average molecular weight is 227 g/mol. The quantitative estimate of drug-likeness (QED) is 0.647. The fourth-order valence-electron chi connectivity index (χ4n) is 0.781. The Bertz CT molecular complexity index is 205. The molecule has 0 aromatic heterocycles. The van der Waals surface area contributed by atoms with Crippen LogP contribution in [0.2, 0.25) is 0 Å². The van der Waals surface area contributed by atoms with Gasteiger partial charge < -0.3 is 9.05 Å². The molecule has 0 rings (SSSR count). The maximum absolute atomic E-state index is 11.9. The van der Waals surface area contributed by atoms with Gasteiger partial charge in [0.1, 0.15) is 4.77 Å². The van der Waals surface area contributed by atoms with Crippen molar-refractivity contribution in [1.29, 1.82) is 0 Å². The average Bonchev–Trinajstić information content (AvgIpc) is 2.05. The van der Waals surface area contributed by atoms with Crippen molar-refractivity contribution in [2.45, 2.75) is 27.2 Å². The van der Waals surface area contributed by atoms with E-state index in [0.29, 0.717) is 19.6 Å². The molecule has 0 unspecified atom stereocenters. The van der Waals surface area contributed by atoms with Crippen LogP contribution in [0, 0.1) is 0 Å². The normalized spacial score (nSPS) is 13.4. The highest BCUT2D eigenvalue weighted by atomic mass is 35.5. The van der Waals surface area contributed by atoms with Crippen molar-refractivity contribution in [2.75, 3.05) is 13.2 Å². The van der Waals surface area contributed by atoms with Gasteiger partial charge in [0.05, 0.1) is 13.2 Å². The minimum absolute atomic E-state index is 0.179. The third-order valence-electron chi connectivity index (χ3n) is 1.23. The van der Waals surface area contributed by atoms with Crippen molar-refractivity contribution in [3.63, 3.8) is 0 Å². The topological polar surface area (TPSA) is 35.5 Å². The molecule has 13 heavy (non-hydrogen) atoms. The van der Waals surface area contributed by atoms with Crippen LogP contribution >= 0.6 is 19.2 Å². The van der Waals surface area contributed by atoms with Crippen molar-refractivity contribution in [3.8, 4) is 0 Å². The zero-order valence-electron chi connectivity index (χ0n) is 8.25. The van der Waals surface area contributed by atoms with Gasteiger partial charge in [-0.3, -0.25) is 4.57 Å². The summed E-state index contributed by atoms with van der Waals surface area (Å²) in [6.07, 6.45) is 2.36. The summed E-state index contributed by atoms with van der Waals surface area (Å²) in [4.78, 5) is 0. The summed E-state index contributed by atoms with van der Waals surface area (Å²) >= 11 is 5.79. The molecular formula is C8H16ClO3P. The van der Waals surface area contributed by atoms with E-state index >= 15 is 0 Å². The third-order valence-corrected chi connectivity index (χ3v) is 3.91. The second-order valence-electron chi connectivity index (χ2n) is 2.27. The first-order valence-corrected chi connectivity index (χ1v) is 6.28. The molecule has 0 aromatic carbocycles. The largest absolute Gasteiger partial charge is 0.372 e. The highest BCUT2D eigenvalue weighted by molar-refractivity contribution is 7.61. The first-order chi connectivity index (χ1) is 6.10. The summed E-state index contributed by atoms with van der Waals surface area (Å²) in [7, 11) is -3.20. The van der Waals surface area contributed by atoms with E-state index in [1.807, 2.05) is 6.92 Å². The van der Waals surface area contributed by atoms with Gasteiger partial charge in [0, 0.05) is 0 Å². The lowest BCUT2D eigenvalue weighted by atomic mass is 10.5. The second kappa shape index (κ2) is 6.61. The Morgan fingerprint density at radius 1 is 1.31 bits per heavy atom. The highest BCUT2D eigenvalue weighted by Gasteiger charge is 2.27. The van der Waals surface area contributed by atoms with Crippen molar-refractivity contribution in [3.05, 3.63) is 10.8 Å². The number of halogens is 1. The summed E-state index contributed by atoms with van der Waals surface area (Å²) in [6, 6.07) is 0. The van der Waals surface area contributed by atoms with E-state index in [4.69, 9.17) is 20.6 Å². The van der Waals surface area contributed by atoms with Crippen LogP contribution in [0.25, 0.3) is 0 Å². The van der Waals surface area contributed by atoms with Gasteiger partial charge in [0.15, 0.2) is 0 Å². The minimum Gasteiger partial charge on any atom is -0.305 e. The number of allylic oxidation sites excluding steroid dienone is 1. The van der Waals surface area contributed by atoms with Crippen molar-refractivity contribution in [2.24, 2.45) is 0 Å². The van der Waals surface area contributed by atoms with Crippen LogP contribution in [0.1, 0.15) is 27.2 Å². The molecule has 0 fully saturated rings. The van der Waals surface area contributed by atoms with E-state index in [1.54, 1.807) is 19.9 Å². The van der Waals surface area contributed by atoms with Crippen LogP contribution in [-0.2, 0) is 13.6 Å². The molecule has 0 aromatic rings. The van der Waals surface area contributed by atoms with Gasteiger partial charge in [-0.1, -0.05) is 24.6 Å². The molecule has 0 aliphatic rings. The van der Waals surface area contributed by atoms with Crippen LogP contribution in [-0.4, -0.2) is 13.2 Å². The molecule has 0 radical (unpaired) electrons. The predicted octanol–water partition coefficient (Wildman–Crippen LogP) is 3.74. The third kappa shape index (κ3) is 4.28. The van der Waals surface area contributed by atoms with Crippen LogP contribution in [0.15, 0.2) is 10.8 Å². The molecule has 0 bridgehead atoms. The zero-order chi connectivity index (χ0) is 10.3. The number of hydrogen-bond donors (Lipinski definition) is 0. The van der Waals surface area contributed by atoms with Gasteiger partial charge in [0.2, 0.25) is 0 Å². The molecule has 3 nitrogen and oxygen atoms in total. The Kier molecular flexibility index (Phi) is 6.70. The van der Waals surface area contributed by atoms with E-state index in [1.165, 1.54) is 0 Å². The molecule has 0 aliphatic heterocycles. The van der Waals surface area contributed by atoms with E-state index in [-0.39, 0.29) is 4.77 Å². The lowest BCUT2D eigenvalue weighted by Crippen LogP contribution is -1.95. The molecule has 0 N–H and O–H groups in total. The SMILES string of the molecule is CCC=C(Cl)P(=O)(OCC)OCC. The Morgan fingerprint density at radius 2 is 1.77 bits per heavy atom. The second-order valence-corrected chi connectivity index (χ2v) is 4.93. The van der Waals surface area contributed by atoms with Crippen molar-refractivity contribution < 1.29 is 13.6 Å². The van der Waals surface area contributed by atoms with Crippen LogP contribution in [0.4, 0.5) is 0 Å². The first kappa shape index (κ1) is 13.2. The first-order valence-electron chi connectivity index (χ1n) is 4.36. The molecule has 0 spiro atoms. The molecule has 5 heteroatoms. The van der Waals surface area contributed by atoms with Gasteiger partial charge in [0.25, 0.3) is 0 Å². The van der Waals surface area contributed by atoms with Crippen LogP contribution in [0.3, 0.4) is 0 Å².